The molecular formula is C32H46N8O4. The van der Waals surface area contributed by atoms with Gasteiger partial charge in [-0.25, -0.2) is 0 Å². The smallest absolute Gasteiger partial charge is 0.249 e. The van der Waals surface area contributed by atoms with Gasteiger partial charge in [-0.1, -0.05) is 35.5 Å². The number of nitrogens with zero attached hydrogens (tertiary/aromatic N) is 3. The molecule has 1 aromatic heterocycles. The van der Waals surface area contributed by atoms with E-state index in [0.29, 0.717) is 50.5 Å². The number of hydrogen-bond acceptors (Lipinski definition) is 8. The Bertz CT molecular complexity index is 1360. The number of hydrogen-bond donors (Lipinski definition) is 6. The van der Waals surface area contributed by atoms with Crippen LogP contribution in [-0.2, 0) is 28.9 Å². The Morgan fingerprint density at radius 1 is 0.977 bits per heavy atom. The number of benzene rings is 2. The number of rotatable bonds is 18. The first kappa shape index (κ1) is 34.0. The van der Waals surface area contributed by atoms with E-state index in [1.54, 1.807) is 12.1 Å². The van der Waals surface area contributed by atoms with Crippen LogP contribution in [0.1, 0.15) is 72.1 Å². The summed E-state index contributed by atoms with van der Waals surface area (Å²) in [6, 6.07) is 12.7. The highest BCUT2D eigenvalue weighted by Crippen LogP contribution is 2.30. The molecule has 0 saturated heterocycles. The Balaban J connectivity index is 1.88. The molecular weight excluding hydrogens is 560 g/mol. The van der Waals surface area contributed by atoms with Crippen LogP contribution in [0.25, 0.3) is 0 Å². The molecule has 44 heavy (non-hydrogen) atoms. The molecule has 12 nitrogen and oxygen atoms in total. The summed E-state index contributed by atoms with van der Waals surface area (Å²) in [4.78, 5) is 35.5. The van der Waals surface area contributed by atoms with Crippen molar-refractivity contribution in [2.75, 3.05) is 13.1 Å². The van der Waals surface area contributed by atoms with Gasteiger partial charge in [0, 0.05) is 18.9 Å². The van der Waals surface area contributed by atoms with E-state index < -0.39 is 23.8 Å². The lowest BCUT2D eigenvalue weighted by Gasteiger charge is -2.27. The zero-order chi connectivity index (χ0) is 32.1. The molecule has 0 aliphatic heterocycles. The van der Waals surface area contributed by atoms with E-state index in [1.165, 1.54) is 0 Å². The summed E-state index contributed by atoms with van der Waals surface area (Å²) in [6.07, 6.45) is 4.34. The summed E-state index contributed by atoms with van der Waals surface area (Å²) < 4.78 is 5.64. The van der Waals surface area contributed by atoms with Gasteiger partial charge in [-0.2, -0.15) is 4.98 Å². The predicted octanol–water partition coefficient (Wildman–Crippen LogP) is 2.48. The lowest BCUT2D eigenvalue weighted by Crippen LogP contribution is -2.43. The third-order valence-electron chi connectivity index (χ3n) is 7.79. The number of nitrogens with one attached hydrogen (secondary N) is 1. The molecule has 0 spiro atoms. The van der Waals surface area contributed by atoms with Gasteiger partial charge in [0.25, 0.3) is 0 Å². The first-order valence-electron chi connectivity index (χ1n) is 15.1. The normalized spacial score (nSPS) is 13.2. The second-order valence-electron chi connectivity index (χ2n) is 11.2. The Kier molecular flexibility index (Phi) is 13.2. The van der Waals surface area contributed by atoms with Gasteiger partial charge in [0.1, 0.15) is 11.8 Å². The highest BCUT2D eigenvalue weighted by atomic mass is 16.5. The number of amides is 2. The van der Waals surface area contributed by atoms with Crippen LogP contribution in [0.3, 0.4) is 0 Å². The van der Waals surface area contributed by atoms with E-state index in [-0.39, 0.29) is 24.0 Å². The number of aromatic nitrogens is 2. The quantitative estimate of drug-likeness (QED) is 0.0710. The predicted molar refractivity (Wildman–Crippen MR) is 169 cm³/mol. The fourth-order valence-electron chi connectivity index (χ4n) is 5.43. The number of aromatic hydroxyl groups is 1. The van der Waals surface area contributed by atoms with Crippen LogP contribution in [0.15, 0.2) is 52.0 Å². The SMILES string of the molecule is Cc1cc(O)cc(C)c1C[C@H](C(=O)N[C@@H](CCCCN)c1nc(CCc2ccccc2)no1)C(CCCN=C(N)N)C(N)=O. The lowest BCUT2D eigenvalue weighted by atomic mass is 9.80. The standard InChI is InChI=1S/C32H46N8O4/c1-20-17-23(41)18-21(2)25(20)19-26(24(29(34)42)11-8-16-37-32(35)36)30(43)38-27(12-6-7-15-33)31-39-28(40-44-31)14-13-22-9-4-3-5-10-22/h3-5,9-10,17-18,24,26-27,41H,6-8,11-16,19,33H2,1-2H3,(H2,34,42)(H,38,43)(H4,35,36,37)/t24?,26-,27-/m0/s1. The van der Waals surface area contributed by atoms with Crippen molar-refractivity contribution >= 4 is 17.8 Å². The summed E-state index contributed by atoms with van der Waals surface area (Å²) in [5.74, 6) is -1.63. The number of unbranched alkanes of at least 4 members (excludes halogenated alkanes) is 1. The lowest BCUT2D eigenvalue weighted by molar-refractivity contribution is -0.134. The number of phenolic OH excluding ortho intramolecular Hbond substituents is 1. The van der Waals surface area contributed by atoms with Crippen molar-refractivity contribution in [3.63, 3.8) is 0 Å². The number of phenols is 1. The number of nitrogens with two attached hydrogens (primary N) is 4. The van der Waals surface area contributed by atoms with Gasteiger partial charge in [0.05, 0.1) is 5.92 Å². The van der Waals surface area contributed by atoms with E-state index >= 15 is 0 Å². The highest BCUT2D eigenvalue weighted by molar-refractivity contribution is 5.87. The summed E-state index contributed by atoms with van der Waals surface area (Å²) >= 11 is 0. The average molecular weight is 607 g/mol. The first-order chi connectivity index (χ1) is 21.1. The second-order valence-corrected chi connectivity index (χ2v) is 11.2. The van der Waals surface area contributed by atoms with Crippen molar-refractivity contribution in [2.24, 2.45) is 39.8 Å². The number of aliphatic imine (C=N–C) groups is 1. The van der Waals surface area contributed by atoms with Gasteiger partial charge in [0.2, 0.25) is 17.7 Å². The summed E-state index contributed by atoms with van der Waals surface area (Å²) in [5.41, 5.74) is 26.2. The molecule has 2 aromatic carbocycles. The van der Waals surface area contributed by atoms with Gasteiger partial charge in [-0.3, -0.25) is 14.6 Å². The molecule has 2 amide bonds. The monoisotopic (exact) mass is 606 g/mol. The van der Waals surface area contributed by atoms with Crippen molar-refractivity contribution in [1.29, 1.82) is 0 Å². The van der Waals surface area contributed by atoms with Gasteiger partial charge >= 0.3 is 0 Å². The molecule has 3 rings (SSSR count). The molecule has 12 heteroatoms. The molecule has 1 unspecified atom stereocenters. The largest absolute Gasteiger partial charge is 0.508 e. The van der Waals surface area contributed by atoms with Crippen LogP contribution in [0.4, 0.5) is 0 Å². The van der Waals surface area contributed by atoms with E-state index in [2.05, 4.69) is 20.4 Å². The zero-order valence-corrected chi connectivity index (χ0v) is 25.7. The van der Waals surface area contributed by atoms with Crippen molar-refractivity contribution in [2.45, 2.75) is 71.3 Å². The molecule has 0 bridgehead atoms. The molecule has 1 heterocycles. The molecule has 3 atom stereocenters. The Morgan fingerprint density at radius 3 is 2.32 bits per heavy atom. The molecule has 0 aliphatic carbocycles. The van der Waals surface area contributed by atoms with E-state index in [4.69, 9.17) is 27.5 Å². The third kappa shape index (κ3) is 10.4. The van der Waals surface area contributed by atoms with Crippen LogP contribution in [-0.4, -0.2) is 46.1 Å². The minimum Gasteiger partial charge on any atom is -0.508 e. The van der Waals surface area contributed by atoms with Crippen LogP contribution in [0.5, 0.6) is 5.75 Å². The van der Waals surface area contributed by atoms with Gasteiger partial charge in [0.15, 0.2) is 11.8 Å². The maximum Gasteiger partial charge on any atom is 0.249 e. The third-order valence-corrected chi connectivity index (χ3v) is 7.79. The van der Waals surface area contributed by atoms with Crippen molar-refractivity contribution < 1.29 is 19.2 Å². The van der Waals surface area contributed by atoms with Gasteiger partial charge in [-0.05, 0) is 99.7 Å². The maximum atomic E-state index is 14.1. The zero-order valence-electron chi connectivity index (χ0n) is 25.7. The van der Waals surface area contributed by atoms with Crippen LogP contribution in [0.2, 0.25) is 0 Å². The summed E-state index contributed by atoms with van der Waals surface area (Å²) in [7, 11) is 0. The van der Waals surface area contributed by atoms with E-state index in [9.17, 15) is 14.7 Å². The van der Waals surface area contributed by atoms with Crippen LogP contribution >= 0.6 is 0 Å². The summed E-state index contributed by atoms with van der Waals surface area (Å²) in [6.45, 7) is 4.53. The minimum atomic E-state index is -0.814. The van der Waals surface area contributed by atoms with E-state index in [1.807, 2.05) is 44.2 Å². The van der Waals surface area contributed by atoms with Gasteiger partial charge < -0.3 is 37.9 Å². The Morgan fingerprint density at radius 2 is 1.68 bits per heavy atom. The fraction of sp³-hybridized carbons (Fsp3) is 0.469. The fourth-order valence-corrected chi connectivity index (χ4v) is 5.43. The minimum absolute atomic E-state index is 0.0479. The first-order valence-corrected chi connectivity index (χ1v) is 15.1. The Labute approximate surface area is 258 Å². The molecule has 3 aromatic rings. The number of aryl methyl sites for hydroxylation is 4. The molecule has 0 radical (unpaired) electrons. The van der Waals surface area contributed by atoms with Crippen molar-refractivity contribution in [1.82, 2.24) is 15.5 Å². The number of carbonyl (C=O) groups is 2. The second kappa shape index (κ2) is 17.0. The molecule has 238 valence electrons. The summed E-state index contributed by atoms with van der Waals surface area (Å²) in [5, 5.41) is 17.3. The van der Waals surface area contributed by atoms with E-state index in [0.717, 1.165) is 41.5 Å². The molecule has 0 fully saturated rings. The topological polar surface area (TPSA) is 222 Å². The average Bonchev–Trinajstić information content (AvgIpc) is 3.45. The number of carbonyl (C=O) groups excluding carboxylic acids is 2. The number of guanidine groups is 1. The maximum absolute atomic E-state index is 14.1. The Hall–Kier alpha value is -4.45. The molecule has 0 aliphatic rings. The van der Waals surface area contributed by atoms with Crippen LogP contribution < -0.4 is 28.3 Å². The highest BCUT2D eigenvalue weighted by Gasteiger charge is 2.35. The number of primary amides is 1. The van der Waals surface area contributed by atoms with Crippen molar-refractivity contribution in [3.05, 3.63) is 76.4 Å². The molecule has 10 N–H and O–H groups in total. The van der Waals surface area contributed by atoms with Crippen molar-refractivity contribution in [3.8, 4) is 5.75 Å². The molecule has 0 saturated carbocycles. The van der Waals surface area contributed by atoms with Crippen LogP contribution in [0, 0.1) is 25.7 Å². The van der Waals surface area contributed by atoms with Gasteiger partial charge in [-0.15, -0.1) is 0 Å².